The number of H-pyrrole nitrogens is 2. The molecule has 33 nitrogen and oxygen atoms in total. The molecule has 10 aromatic rings. The molecule has 112 heavy (non-hydrogen) atoms. The second kappa shape index (κ2) is 32.5. The molecule has 12 rings (SSSR count). The first-order valence-electron chi connectivity index (χ1n) is 33.7. The molecule has 0 amide bonds. The summed E-state index contributed by atoms with van der Waals surface area (Å²) in [6, 6.07) is 18.4. The van der Waals surface area contributed by atoms with Crippen LogP contribution in [-0.2, 0) is 23.5 Å². The van der Waals surface area contributed by atoms with E-state index in [-0.39, 0.29) is 94.5 Å². The molecule has 0 saturated carbocycles. The van der Waals surface area contributed by atoms with Crippen molar-refractivity contribution in [1.82, 2.24) is 10.6 Å². The van der Waals surface area contributed by atoms with Crippen LogP contribution >= 0.6 is 12.2 Å². The van der Waals surface area contributed by atoms with Gasteiger partial charge in [0, 0.05) is 183 Å². The Balaban J connectivity index is 0.000000218. The number of hydrogen-bond donors (Lipinski definition) is 26. The molecule has 0 saturated heterocycles. The topological polar surface area (TPSA) is 650 Å². The average molecular weight is 1590 g/mol. The van der Waals surface area contributed by atoms with Crippen molar-refractivity contribution >= 4 is 27.7 Å². The normalized spacial score (nSPS) is 17.4. The highest BCUT2D eigenvalue weighted by Gasteiger charge is 2.38. The first-order valence-corrected chi connectivity index (χ1v) is 35.4. The number of thiocarbonyl (C=S) groups is 1. The molecule has 2 aliphatic rings. The fourth-order valence-electron chi connectivity index (χ4n) is 13.6. The quantitative estimate of drug-likeness (QED) is 0.0340. The zero-order chi connectivity index (χ0) is 82.5. The lowest BCUT2D eigenvalue weighted by molar-refractivity contribution is -0.379. The standard InChI is InChI=1S/2C32H32O12.C13H14N4S.H2O4S.H2O/c2*1-9-13-5-15(23(35)29(41)21(13)33)10(2)17-7-19(27(39)31(43)25(17)37)12(4)20-8-18(26(38)32(44)28(20)40)11(3)16-6-14(9)22(34)30(42)24(16)36;18-13(16-9-11-3-1-5-14-7-11)17-10-12-4-2-6-15-8-12;1-5(2,3)4;/h2*5-12,33-44H,1-4H3;1-8H,9-10H2,(H2,16,17,18);(H2,1,2,3,4);1H2. The SMILES string of the molecule is CC1c2cc(c(O)c(O)c2O)C(C)c2cc(c(O)c(O)c2O)C(C)c2cc(c(O)c(O)c2O)C(C)c2cc1c(O)c(O)c2O.CC1c2cc(c(O)c(O)c2O)C(C)c2cc(c(O)c(O)c2O)C(C)c2cc(c(O)c(O)c2O)C(C)c2cc1c(O)c(O)c2O.O.O=S(=O)([O-])[O-].S=C(NCc1ccc[nH+]c1)NCc1ccc[nH+]c1. The lowest BCUT2D eigenvalue weighted by Gasteiger charge is -2.26. The molecule has 16 bridgehead atoms. The summed E-state index contributed by atoms with van der Waals surface area (Å²) in [5.41, 5.74) is 1.61. The summed E-state index contributed by atoms with van der Waals surface area (Å²) in [5, 5.41) is 267. The van der Waals surface area contributed by atoms with Crippen LogP contribution in [0, 0.1) is 0 Å². The largest absolute Gasteiger partial charge is 0.759 e. The number of phenols is 24. The first-order chi connectivity index (χ1) is 51.9. The van der Waals surface area contributed by atoms with Gasteiger partial charge in [-0.1, -0.05) is 55.4 Å². The van der Waals surface area contributed by atoms with E-state index in [0.29, 0.717) is 18.2 Å². The van der Waals surface area contributed by atoms with E-state index < -0.39 is 196 Å². The number of fused-ring (bicyclic) bond motifs is 16. The molecule has 35 heteroatoms. The Labute approximate surface area is 642 Å². The molecule has 0 spiro atoms. The van der Waals surface area contributed by atoms with Crippen LogP contribution < -0.4 is 20.6 Å². The summed E-state index contributed by atoms with van der Waals surface area (Å²) < 4.78 is 34.1. The fraction of sp³-hybridized carbons (Fsp3) is 0.234. The van der Waals surface area contributed by atoms with E-state index in [4.69, 9.17) is 29.7 Å². The molecule has 596 valence electrons. The smallest absolute Gasteiger partial charge is 0.200 e. The Morgan fingerprint density at radius 1 is 0.295 bits per heavy atom. The molecule has 0 radical (unpaired) electrons. The fourth-order valence-corrected chi connectivity index (χ4v) is 13.8. The van der Waals surface area contributed by atoms with Gasteiger partial charge >= 0.3 is 0 Å². The minimum absolute atomic E-state index is 0. The third-order valence-corrected chi connectivity index (χ3v) is 20.7. The number of aromatic amines is 2. The van der Waals surface area contributed by atoms with Crippen molar-refractivity contribution in [3.05, 3.63) is 198 Å². The van der Waals surface area contributed by atoms with Crippen molar-refractivity contribution in [3.63, 3.8) is 0 Å². The van der Waals surface area contributed by atoms with Gasteiger partial charge in [-0.05, 0) is 72.9 Å². The van der Waals surface area contributed by atoms with Gasteiger partial charge in [0.25, 0.3) is 0 Å². The van der Waals surface area contributed by atoms with Crippen molar-refractivity contribution in [1.29, 1.82) is 0 Å². The van der Waals surface area contributed by atoms with E-state index in [1.54, 1.807) is 0 Å². The molecule has 30 N–H and O–H groups in total. The molecular formula is C77H82N4O29S2. The number of nitrogens with one attached hydrogen (secondary N) is 4. The van der Waals surface area contributed by atoms with Crippen LogP contribution in [0.1, 0.15) is 203 Å². The van der Waals surface area contributed by atoms with Gasteiger partial charge < -0.3 is 148 Å². The van der Waals surface area contributed by atoms with Gasteiger partial charge in [0.05, 0.1) is 0 Å². The maximum Gasteiger partial charge on any atom is 0.200 e. The minimum atomic E-state index is -5.17. The van der Waals surface area contributed by atoms with E-state index in [1.807, 2.05) is 49.1 Å². The van der Waals surface area contributed by atoms with Gasteiger partial charge in [0.15, 0.2) is 122 Å². The van der Waals surface area contributed by atoms with Crippen molar-refractivity contribution in [2.75, 3.05) is 0 Å². The number of aromatic nitrogens is 2. The molecular weight excluding hydrogens is 1510 g/mol. The predicted octanol–water partition coefficient (Wildman–Crippen LogP) is 8.47. The monoisotopic (exact) mass is 1590 g/mol. The highest BCUT2D eigenvalue weighted by Crippen LogP contribution is 2.60. The predicted molar refractivity (Wildman–Crippen MR) is 398 cm³/mol. The van der Waals surface area contributed by atoms with E-state index in [1.165, 1.54) is 104 Å². The van der Waals surface area contributed by atoms with Crippen molar-refractivity contribution < 1.29 is 156 Å². The second-order valence-corrected chi connectivity index (χ2v) is 28.1. The molecule has 0 aliphatic heterocycles. The summed E-state index contributed by atoms with van der Waals surface area (Å²) in [5.74, 6) is -27.8. The summed E-state index contributed by atoms with van der Waals surface area (Å²) in [6.07, 6.45) is 7.65. The average Bonchev–Trinajstić information content (AvgIpc) is 0.749. The van der Waals surface area contributed by atoms with Gasteiger partial charge in [-0.3, -0.25) is 8.42 Å². The summed E-state index contributed by atoms with van der Waals surface area (Å²) in [4.78, 5) is 6.07. The third kappa shape index (κ3) is 15.8. The zero-order valence-corrected chi connectivity index (χ0v) is 62.1. The Bertz CT molecular complexity index is 4350. The van der Waals surface area contributed by atoms with Crippen LogP contribution in [0.5, 0.6) is 138 Å². The van der Waals surface area contributed by atoms with E-state index in [2.05, 4.69) is 20.6 Å². The van der Waals surface area contributed by atoms with Crippen LogP contribution in [0.2, 0.25) is 0 Å². The number of phenolic OH excluding ortho intramolecular Hbond substituents is 24. The number of hydrogen-bond acceptors (Lipinski definition) is 29. The molecule has 2 heterocycles. The zero-order valence-electron chi connectivity index (χ0n) is 60.5. The van der Waals surface area contributed by atoms with Gasteiger partial charge in [0.2, 0.25) is 46.0 Å². The summed E-state index contributed by atoms with van der Waals surface area (Å²) in [6.45, 7) is 13.4. The van der Waals surface area contributed by atoms with Crippen molar-refractivity contribution in [2.24, 2.45) is 0 Å². The Kier molecular flexibility index (Phi) is 24.5. The molecule has 0 unspecified atom stereocenters. The Hall–Kier alpha value is -13.2. The number of pyridine rings is 2. The second-order valence-electron chi connectivity index (χ2n) is 26.8. The Morgan fingerprint density at radius 3 is 0.527 bits per heavy atom. The van der Waals surface area contributed by atoms with E-state index in [9.17, 15) is 123 Å². The van der Waals surface area contributed by atoms with Gasteiger partial charge in [0.1, 0.15) is 0 Å². The maximum absolute atomic E-state index is 10.9. The Morgan fingerprint density at radius 2 is 0.420 bits per heavy atom. The highest BCUT2D eigenvalue weighted by molar-refractivity contribution is 7.80. The number of aromatic hydroxyl groups is 24. The maximum atomic E-state index is 10.9. The van der Waals surface area contributed by atoms with Crippen LogP contribution in [0.3, 0.4) is 0 Å². The molecule has 8 aromatic carbocycles. The third-order valence-electron chi connectivity index (χ3n) is 20.4. The molecule has 2 aliphatic carbocycles. The van der Waals surface area contributed by atoms with E-state index in [0.717, 1.165) is 11.1 Å². The van der Waals surface area contributed by atoms with E-state index >= 15 is 0 Å². The van der Waals surface area contributed by atoms with Crippen LogP contribution in [0.25, 0.3) is 0 Å². The first kappa shape index (κ1) is 84.4. The lowest BCUT2D eigenvalue weighted by atomic mass is 9.80. The van der Waals surface area contributed by atoms with Crippen LogP contribution in [0.15, 0.2) is 97.6 Å². The lowest BCUT2D eigenvalue weighted by Crippen LogP contribution is -2.34. The van der Waals surface area contributed by atoms with Crippen LogP contribution in [-0.4, -0.2) is 151 Å². The van der Waals surface area contributed by atoms with Gasteiger partial charge in [-0.15, -0.1) is 0 Å². The number of rotatable bonds is 4. The minimum Gasteiger partial charge on any atom is -0.759 e. The summed E-state index contributed by atoms with van der Waals surface area (Å²) in [7, 11) is -5.17. The highest BCUT2D eigenvalue weighted by atomic mass is 32.3. The van der Waals surface area contributed by atoms with Gasteiger partial charge in [-0.2, -0.15) is 0 Å². The molecule has 2 aromatic heterocycles. The number of benzene rings is 8. The van der Waals surface area contributed by atoms with Crippen LogP contribution in [0.4, 0.5) is 0 Å². The van der Waals surface area contributed by atoms with Crippen molar-refractivity contribution in [3.8, 4) is 138 Å². The molecule has 0 fully saturated rings. The van der Waals surface area contributed by atoms with Gasteiger partial charge in [-0.25, -0.2) is 9.97 Å². The molecule has 0 atom stereocenters. The van der Waals surface area contributed by atoms with Crippen molar-refractivity contribution in [2.45, 2.75) is 116 Å². The summed E-state index contributed by atoms with van der Waals surface area (Å²) >= 11 is 5.21.